The summed E-state index contributed by atoms with van der Waals surface area (Å²) in [5, 5.41) is 16.8. The van der Waals surface area contributed by atoms with Crippen LogP contribution in [0.25, 0.3) is 0 Å². The van der Waals surface area contributed by atoms with E-state index in [1.165, 1.54) is 0 Å². The van der Waals surface area contributed by atoms with Gasteiger partial charge in [-0.1, -0.05) is 42.5 Å². The van der Waals surface area contributed by atoms with Crippen molar-refractivity contribution in [1.82, 2.24) is 10.6 Å². The zero-order valence-corrected chi connectivity index (χ0v) is 17.6. The number of carbonyl (C=O) groups is 1. The van der Waals surface area contributed by atoms with Crippen molar-refractivity contribution in [1.29, 1.82) is 0 Å². The summed E-state index contributed by atoms with van der Waals surface area (Å²) in [5.41, 5.74) is 1.48. The van der Waals surface area contributed by atoms with Crippen LogP contribution in [0.2, 0.25) is 0 Å². The van der Waals surface area contributed by atoms with E-state index in [9.17, 15) is 9.90 Å². The van der Waals surface area contributed by atoms with Crippen LogP contribution in [0.5, 0.6) is 5.75 Å². The number of aliphatic hydroxyl groups is 1. The third kappa shape index (κ3) is 8.54. The molecule has 0 bridgehead atoms. The van der Waals surface area contributed by atoms with Gasteiger partial charge in [0.25, 0.3) is 0 Å². The number of ether oxygens (including phenoxy) is 2. The van der Waals surface area contributed by atoms with E-state index < -0.39 is 23.8 Å². The largest absolute Gasteiger partial charge is 0.497 e. The van der Waals surface area contributed by atoms with Gasteiger partial charge < -0.3 is 25.2 Å². The van der Waals surface area contributed by atoms with Gasteiger partial charge in [-0.2, -0.15) is 0 Å². The Morgan fingerprint density at radius 3 is 2.41 bits per heavy atom. The normalized spacial score (nSPS) is 13.4. The highest BCUT2D eigenvalue weighted by atomic mass is 16.6. The van der Waals surface area contributed by atoms with Crippen molar-refractivity contribution >= 4 is 6.09 Å². The van der Waals surface area contributed by atoms with Crippen LogP contribution in [-0.4, -0.2) is 42.6 Å². The van der Waals surface area contributed by atoms with Gasteiger partial charge in [0.05, 0.1) is 19.3 Å². The molecular formula is C23H32N2O4. The number of methoxy groups -OCH3 is 1. The van der Waals surface area contributed by atoms with E-state index >= 15 is 0 Å². The van der Waals surface area contributed by atoms with Gasteiger partial charge in [0.2, 0.25) is 0 Å². The van der Waals surface area contributed by atoms with Crippen LogP contribution >= 0.6 is 0 Å². The molecule has 3 N–H and O–H groups in total. The van der Waals surface area contributed by atoms with Gasteiger partial charge in [-0.05, 0) is 50.5 Å². The van der Waals surface area contributed by atoms with E-state index in [4.69, 9.17) is 9.47 Å². The summed E-state index contributed by atoms with van der Waals surface area (Å²) >= 11 is 0. The summed E-state index contributed by atoms with van der Waals surface area (Å²) in [7, 11) is 1.63. The Labute approximate surface area is 173 Å². The Kier molecular flexibility index (Phi) is 8.49. The average Bonchev–Trinajstić information content (AvgIpc) is 2.67. The van der Waals surface area contributed by atoms with Gasteiger partial charge >= 0.3 is 6.09 Å². The van der Waals surface area contributed by atoms with Crippen LogP contribution in [0.4, 0.5) is 4.79 Å². The van der Waals surface area contributed by atoms with Gasteiger partial charge in [-0.3, -0.25) is 0 Å². The molecular weight excluding hydrogens is 368 g/mol. The van der Waals surface area contributed by atoms with Gasteiger partial charge in [-0.15, -0.1) is 0 Å². The second-order valence-corrected chi connectivity index (χ2v) is 7.99. The maximum atomic E-state index is 12.3. The molecule has 0 spiro atoms. The first kappa shape index (κ1) is 22.7. The second-order valence-electron chi connectivity index (χ2n) is 7.99. The Bertz CT molecular complexity index is 759. The standard InChI is InChI=1S/C23H32N2O4/c1-23(2,3)29-22(27)25-20(14-17-9-6-5-7-10-17)21(26)16-24-15-18-11-8-12-19(13-18)28-4/h5-13,20-21,24,26H,14-16H2,1-4H3,(H,25,27)/t20-,21-/m0/s1. The lowest BCUT2D eigenvalue weighted by molar-refractivity contribution is 0.0422. The highest BCUT2D eigenvalue weighted by Gasteiger charge is 2.24. The Balaban J connectivity index is 1.97. The molecule has 2 aromatic rings. The zero-order chi connectivity index (χ0) is 21.3. The SMILES string of the molecule is COc1cccc(CNC[C@H](O)[C@H](Cc2ccccc2)NC(=O)OC(C)(C)C)c1. The number of benzene rings is 2. The molecule has 2 rings (SSSR count). The lowest BCUT2D eigenvalue weighted by Gasteiger charge is -2.27. The van der Waals surface area contributed by atoms with E-state index in [2.05, 4.69) is 10.6 Å². The van der Waals surface area contributed by atoms with E-state index in [0.717, 1.165) is 16.9 Å². The molecule has 1 amide bonds. The first-order chi connectivity index (χ1) is 13.8. The summed E-state index contributed by atoms with van der Waals surface area (Å²) in [4.78, 5) is 12.3. The third-order valence-corrected chi connectivity index (χ3v) is 4.28. The predicted molar refractivity (Wildman–Crippen MR) is 114 cm³/mol. The molecule has 6 heteroatoms. The number of carbonyl (C=O) groups excluding carboxylic acids is 1. The minimum Gasteiger partial charge on any atom is -0.497 e. The van der Waals surface area contributed by atoms with E-state index in [-0.39, 0.29) is 0 Å². The number of hydrogen-bond acceptors (Lipinski definition) is 5. The lowest BCUT2D eigenvalue weighted by atomic mass is 10.0. The molecule has 0 aliphatic carbocycles. The first-order valence-electron chi connectivity index (χ1n) is 9.82. The van der Waals surface area contributed by atoms with Crippen LogP contribution in [0.15, 0.2) is 54.6 Å². The number of hydrogen-bond donors (Lipinski definition) is 3. The minimum absolute atomic E-state index is 0.324. The average molecular weight is 401 g/mol. The fraction of sp³-hybridized carbons (Fsp3) is 0.435. The first-order valence-corrected chi connectivity index (χ1v) is 9.82. The Hall–Kier alpha value is -2.57. The molecule has 0 unspecified atom stereocenters. The van der Waals surface area contributed by atoms with E-state index in [1.54, 1.807) is 7.11 Å². The smallest absolute Gasteiger partial charge is 0.407 e. The maximum Gasteiger partial charge on any atom is 0.407 e. The van der Waals surface area contributed by atoms with E-state index in [0.29, 0.717) is 19.5 Å². The van der Waals surface area contributed by atoms with Gasteiger partial charge in [0, 0.05) is 13.1 Å². The van der Waals surface area contributed by atoms with Crippen molar-refractivity contribution in [2.45, 2.75) is 51.5 Å². The zero-order valence-electron chi connectivity index (χ0n) is 17.6. The summed E-state index contributed by atoms with van der Waals surface area (Å²) in [6, 6.07) is 17.0. The quantitative estimate of drug-likeness (QED) is 0.602. The molecule has 0 heterocycles. The molecule has 0 radical (unpaired) electrons. The molecule has 2 atom stereocenters. The number of alkyl carbamates (subject to hydrolysis) is 1. The molecule has 0 saturated carbocycles. The van der Waals surface area contributed by atoms with Crippen molar-refractivity contribution in [3.05, 3.63) is 65.7 Å². The van der Waals surface area contributed by atoms with Gasteiger partial charge in [0.15, 0.2) is 0 Å². The van der Waals surface area contributed by atoms with Crippen LogP contribution < -0.4 is 15.4 Å². The van der Waals surface area contributed by atoms with Crippen LogP contribution in [0.1, 0.15) is 31.9 Å². The molecule has 0 aliphatic heterocycles. The molecule has 2 aromatic carbocycles. The monoisotopic (exact) mass is 400 g/mol. The van der Waals surface area contributed by atoms with Crippen molar-refractivity contribution in [3.8, 4) is 5.75 Å². The fourth-order valence-corrected chi connectivity index (χ4v) is 2.90. The van der Waals surface area contributed by atoms with Crippen LogP contribution in [0.3, 0.4) is 0 Å². The Morgan fingerprint density at radius 1 is 1.07 bits per heavy atom. The van der Waals surface area contributed by atoms with Crippen molar-refractivity contribution in [2.75, 3.05) is 13.7 Å². The summed E-state index contributed by atoms with van der Waals surface area (Å²) in [6.07, 6.45) is -0.819. The predicted octanol–water partition coefficient (Wildman–Crippen LogP) is 3.28. The van der Waals surface area contributed by atoms with E-state index in [1.807, 2.05) is 75.4 Å². The lowest BCUT2D eigenvalue weighted by Crippen LogP contribution is -2.49. The highest BCUT2D eigenvalue weighted by Crippen LogP contribution is 2.13. The maximum absolute atomic E-state index is 12.3. The fourth-order valence-electron chi connectivity index (χ4n) is 2.90. The second kappa shape index (κ2) is 10.8. The molecule has 0 aromatic heterocycles. The topological polar surface area (TPSA) is 79.8 Å². The Morgan fingerprint density at radius 2 is 1.76 bits per heavy atom. The molecule has 29 heavy (non-hydrogen) atoms. The van der Waals surface area contributed by atoms with Crippen LogP contribution in [0, 0.1) is 0 Å². The highest BCUT2D eigenvalue weighted by molar-refractivity contribution is 5.68. The van der Waals surface area contributed by atoms with Crippen molar-refractivity contribution < 1.29 is 19.4 Å². The summed E-state index contributed by atoms with van der Waals surface area (Å²) < 4.78 is 10.6. The third-order valence-electron chi connectivity index (χ3n) is 4.28. The minimum atomic E-state index is -0.784. The summed E-state index contributed by atoms with van der Waals surface area (Å²) in [6.45, 7) is 6.34. The van der Waals surface area contributed by atoms with Gasteiger partial charge in [0.1, 0.15) is 11.4 Å². The molecule has 0 aliphatic rings. The molecule has 158 valence electrons. The molecule has 6 nitrogen and oxygen atoms in total. The number of aliphatic hydroxyl groups excluding tert-OH is 1. The van der Waals surface area contributed by atoms with Crippen LogP contribution in [-0.2, 0) is 17.7 Å². The number of rotatable bonds is 9. The van der Waals surface area contributed by atoms with Crippen molar-refractivity contribution in [3.63, 3.8) is 0 Å². The van der Waals surface area contributed by atoms with Crippen molar-refractivity contribution in [2.24, 2.45) is 0 Å². The number of nitrogens with one attached hydrogen (secondary N) is 2. The van der Waals surface area contributed by atoms with Gasteiger partial charge in [-0.25, -0.2) is 4.79 Å². The molecule has 0 fully saturated rings. The molecule has 0 saturated heterocycles. The number of amides is 1. The summed E-state index contributed by atoms with van der Waals surface area (Å²) in [5.74, 6) is 0.790.